The zero-order valence-electron chi connectivity index (χ0n) is 24.3. The third kappa shape index (κ3) is 4.28. The quantitative estimate of drug-likeness (QED) is 0.381. The van der Waals surface area contributed by atoms with Crippen molar-refractivity contribution in [2.75, 3.05) is 31.1 Å². The lowest BCUT2D eigenvalue weighted by atomic mass is 9.73. The zero-order valence-corrected chi connectivity index (χ0v) is 25.0. The van der Waals surface area contributed by atoms with Crippen LogP contribution in [0.2, 0.25) is 5.15 Å². The number of benzene rings is 1. The first-order chi connectivity index (χ1) is 19.8. The molecule has 1 aliphatic carbocycles. The van der Waals surface area contributed by atoms with Gasteiger partial charge in [-0.2, -0.15) is 0 Å². The van der Waals surface area contributed by atoms with Crippen LogP contribution in [0.5, 0.6) is 0 Å². The highest BCUT2D eigenvalue weighted by molar-refractivity contribution is 6.34. The summed E-state index contributed by atoms with van der Waals surface area (Å²) in [5.74, 6) is 0.298. The van der Waals surface area contributed by atoms with Crippen LogP contribution in [-0.4, -0.2) is 74.4 Å². The highest BCUT2D eigenvalue weighted by Crippen LogP contribution is 2.52. The summed E-state index contributed by atoms with van der Waals surface area (Å²) in [6.45, 7) is 9.41. The number of carbonyl (C=O) groups is 2. The minimum atomic E-state index is -0.568. The molecule has 0 unspecified atom stereocenters. The number of pyridine rings is 1. The van der Waals surface area contributed by atoms with E-state index in [-0.39, 0.29) is 23.9 Å². The third-order valence-electron chi connectivity index (χ3n) is 10.2. The van der Waals surface area contributed by atoms with E-state index in [0.717, 1.165) is 46.4 Å². The van der Waals surface area contributed by atoms with Crippen LogP contribution in [0, 0.1) is 0 Å². The smallest absolute Gasteiger partial charge is 0.238 e. The molecule has 1 aromatic carbocycles. The van der Waals surface area contributed by atoms with Gasteiger partial charge in [-0.25, -0.2) is 9.97 Å². The second kappa shape index (κ2) is 10.1. The molecule has 3 aliphatic heterocycles. The van der Waals surface area contributed by atoms with Gasteiger partial charge in [-0.1, -0.05) is 30.2 Å². The van der Waals surface area contributed by atoms with Crippen molar-refractivity contribution in [1.29, 1.82) is 0 Å². The normalized spacial score (nSPS) is 24.4. The number of carbonyl (C=O) groups excluding carboxylic acids is 2. The summed E-state index contributed by atoms with van der Waals surface area (Å²) < 4.78 is 2.05. The number of piperidine rings is 2. The number of rotatable bonds is 4. The Morgan fingerprint density at radius 1 is 1.02 bits per heavy atom. The first-order valence-corrected chi connectivity index (χ1v) is 15.7. The van der Waals surface area contributed by atoms with Gasteiger partial charge < -0.3 is 19.3 Å². The molecule has 0 radical (unpaired) electrons. The van der Waals surface area contributed by atoms with Crippen molar-refractivity contribution in [1.82, 2.24) is 24.3 Å². The minimum Gasteiger partial charge on any atom is -0.343 e. The number of halogens is 1. The molecule has 0 N–H and O–H groups in total. The van der Waals surface area contributed by atoms with E-state index >= 15 is 0 Å². The summed E-state index contributed by atoms with van der Waals surface area (Å²) in [7, 11) is 0. The van der Waals surface area contributed by atoms with Gasteiger partial charge in [-0.15, -0.1) is 0 Å². The molecule has 1 saturated carbocycles. The number of nitrogens with zero attached hydrogens (tertiary/aromatic N) is 6. The Hall–Kier alpha value is -2.97. The fraction of sp³-hybridized carbons (Fsp3) is 0.562. The maximum atomic E-state index is 14.4. The van der Waals surface area contributed by atoms with Crippen molar-refractivity contribution in [2.45, 2.75) is 89.3 Å². The van der Waals surface area contributed by atoms with Gasteiger partial charge in [0.1, 0.15) is 5.52 Å². The Kier molecular flexibility index (Phi) is 6.62. The van der Waals surface area contributed by atoms with E-state index in [0.29, 0.717) is 37.1 Å². The molecule has 4 aliphatic rings. The van der Waals surface area contributed by atoms with Crippen molar-refractivity contribution in [2.24, 2.45) is 0 Å². The van der Waals surface area contributed by atoms with Crippen LogP contribution >= 0.6 is 11.6 Å². The maximum absolute atomic E-state index is 14.4. The molecule has 5 heterocycles. The summed E-state index contributed by atoms with van der Waals surface area (Å²) in [4.78, 5) is 42.6. The zero-order chi connectivity index (χ0) is 28.5. The number of anilines is 1. The molecular weight excluding hydrogens is 536 g/mol. The predicted molar refractivity (Wildman–Crippen MR) is 161 cm³/mol. The Morgan fingerprint density at radius 3 is 2.44 bits per heavy atom. The number of amides is 2. The highest BCUT2D eigenvalue weighted by Gasteiger charge is 2.55. The van der Waals surface area contributed by atoms with Gasteiger partial charge in [0, 0.05) is 49.4 Å². The molecule has 2 aromatic heterocycles. The second-order valence-electron chi connectivity index (χ2n) is 12.8. The lowest BCUT2D eigenvalue weighted by Gasteiger charge is -2.48. The van der Waals surface area contributed by atoms with Gasteiger partial charge in [0.25, 0.3) is 0 Å². The van der Waals surface area contributed by atoms with Crippen molar-refractivity contribution >= 4 is 40.1 Å². The van der Waals surface area contributed by atoms with E-state index in [4.69, 9.17) is 16.6 Å². The Morgan fingerprint density at radius 2 is 1.76 bits per heavy atom. The Balaban J connectivity index is 1.25. The van der Waals surface area contributed by atoms with Gasteiger partial charge in [-0.3, -0.25) is 9.59 Å². The molecule has 3 fully saturated rings. The van der Waals surface area contributed by atoms with Gasteiger partial charge >= 0.3 is 0 Å². The molecule has 2 saturated heterocycles. The van der Waals surface area contributed by atoms with Crippen molar-refractivity contribution in [3.8, 4) is 11.3 Å². The fourth-order valence-electron chi connectivity index (χ4n) is 7.70. The summed E-state index contributed by atoms with van der Waals surface area (Å²) >= 11 is 6.73. The Bertz CT molecular complexity index is 1510. The lowest BCUT2D eigenvalue weighted by molar-refractivity contribution is -0.134. The highest BCUT2D eigenvalue weighted by atomic mass is 35.5. The first-order valence-electron chi connectivity index (χ1n) is 15.3. The number of likely N-dealkylation sites (tertiary alicyclic amines) is 2. The number of fused-ring (bicyclic) bond motifs is 3. The molecule has 0 atom stereocenters. The molecule has 216 valence electrons. The molecule has 7 rings (SSSR count). The molecule has 9 heteroatoms. The van der Waals surface area contributed by atoms with Crippen molar-refractivity contribution in [3.63, 3.8) is 0 Å². The van der Waals surface area contributed by atoms with Gasteiger partial charge in [-0.05, 0) is 83.2 Å². The standard InChI is InChI=1S/C32H39ClN6O2/c1-20(2)38-19-34-27-18-26(35-30(33)29(27)38)22-7-8-25-28(15-22)39(24-16-23(17-24)37-11-5-4-6-12-37)31(41)32(25)9-13-36(14-10-32)21(3)40/h7-8,15,18-20,23-24H,4-6,9-14,16-17H2,1-3H3/t23-,24+. The fourth-order valence-corrected chi connectivity index (χ4v) is 7.99. The van der Waals surface area contributed by atoms with E-state index in [1.54, 1.807) is 6.92 Å². The van der Waals surface area contributed by atoms with Crippen LogP contribution in [0.3, 0.4) is 0 Å². The molecular formula is C32H39ClN6O2. The molecule has 0 bridgehead atoms. The maximum Gasteiger partial charge on any atom is 0.238 e. The van der Waals surface area contributed by atoms with Crippen LogP contribution in [0.25, 0.3) is 22.3 Å². The first kappa shape index (κ1) is 26.9. The summed E-state index contributed by atoms with van der Waals surface area (Å²) in [5.41, 5.74) is 4.91. The molecule has 8 nitrogen and oxygen atoms in total. The van der Waals surface area contributed by atoms with E-state index in [1.807, 2.05) is 21.9 Å². The van der Waals surface area contributed by atoms with Crippen LogP contribution in [0.4, 0.5) is 5.69 Å². The average molecular weight is 575 g/mol. The van der Waals surface area contributed by atoms with E-state index < -0.39 is 5.41 Å². The van der Waals surface area contributed by atoms with E-state index in [2.05, 4.69) is 46.8 Å². The van der Waals surface area contributed by atoms with Gasteiger partial charge in [0.2, 0.25) is 11.8 Å². The van der Waals surface area contributed by atoms with Crippen LogP contribution in [0.1, 0.15) is 77.3 Å². The lowest BCUT2D eigenvalue weighted by Crippen LogP contribution is -2.58. The van der Waals surface area contributed by atoms with Crippen molar-refractivity contribution < 1.29 is 9.59 Å². The molecule has 3 aromatic rings. The van der Waals surface area contributed by atoms with Crippen LogP contribution < -0.4 is 4.90 Å². The molecule has 41 heavy (non-hydrogen) atoms. The minimum absolute atomic E-state index is 0.0827. The average Bonchev–Trinajstić information content (AvgIpc) is 3.48. The van der Waals surface area contributed by atoms with Crippen molar-refractivity contribution in [3.05, 3.63) is 41.3 Å². The predicted octanol–water partition coefficient (Wildman–Crippen LogP) is 5.58. The van der Waals surface area contributed by atoms with Crippen LogP contribution in [0.15, 0.2) is 30.6 Å². The van der Waals surface area contributed by atoms with E-state index in [9.17, 15) is 9.59 Å². The second-order valence-corrected chi connectivity index (χ2v) is 13.1. The summed E-state index contributed by atoms with van der Waals surface area (Å²) in [5, 5.41) is 0.438. The Labute approximate surface area is 246 Å². The molecule has 2 amide bonds. The molecule has 1 spiro atoms. The van der Waals surface area contributed by atoms with E-state index in [1.165, 1.54) is 32.4 Å². The topological polar surface area (TPSA) is 74.6 Å². The number of hydrogen-bond acceptors (Lipinski definition) is 5. The number of hydrogen-bond donors (Lipinski definition) is 0. The summed E-state index contributed by atoms with van der Waals surface area (Å²) in [6, 6.07) is 9.36. The number of aromatic nitrogens is 3. The van der Waals surface area contributed by atoms with Gasteiger partial charge in [0.15, 0.2) is 5.15 Å². The number of imidazole rings is 1. The van der Waals surface area contributed by atoms with Gasteiger partial charge in [0.05, 0.1) is 23.0 Å². The van der Waals surface area contributed by atoms with Crippen LogP contribution in [-0.2, 0) is 15.0 Å². The monoisotopic (exact) mass is 574 g/mol. The summed E-state index contributed by atoms with van der Waals surface area (Å²) in [6.07, 6.45) is 9.08. The SMILES string of the molecule is CC(=O)N1CCC2(CC1)C(=O)N([C@H]1C[C@@H](N3CCCCC3)C1)c1cc(-c3cc4ncn(C(C)C)c4c(Cl)n3)ccc12. The third-order valence-corrected chi connectivity index (χ3v) is 10.4. The largest absolute Gasteiger partial charge is 0.343 e.